The van der Waals surface area contributed by atoms with Gasteiger partial charge in [-0.3, -0.25) is 0 Å². The Kier molecular flexibility index (Phi) is 3.68. The predicted molar refractivity (Wildman–Crippen MR) is 71.2 cm³/mol. The molecule has 6 heteroatoms. The van der Waals surface area contributed by atoms with Crippen molar-refractivity contribution >= 4 is 34.7 Å². The molecule has 2 rings (SSSR count). The van der Waals surface area contributed by atoms with E-state index in [0.29, 0.717) is 21.7 Å². The van der Waals surface area contributed by atoms with Crippen LogP contribution >= 0.6 is 23.2 Å². The number of nitrogens with one attached hydrogen (secondary N) is 1. The Morgan fingerprint density at radius 3 is 2.56 bits per heavy atom. The van der Waals surface area contributed by atoms with Crippen molar-refractivity contribution in [2.75, 3.05) is 5.32 Å². The Bertz CT molecular complexity index is 602. The zero-order valence-electron chi connectivity index (χ0n) is 9.76. The molecule has 1 aromatic heterocycles. The van der Waals surface area contributed by atoms with Crippen molar-refractivity contribution in [1.29, 1.82) is 0 Å². The molecule has 0 aliphatic carbocycles. The van der Waals surface area contributed by atoms with Crippen LogP contribution in [0, 0.1) is 19.7 Å². The maximum atomic E-state index is 13.1. The second-order valence-corrected chi connectivity index (χ2v) is 4.60. The van der Waals surface area contributed by atoms with E-state index in [1.165, 1.54) is 18.2 Å². The Morgan fingerprint density at radius 1 is 1.11 bits per heavy atom. The van der Waals surface area contributed by atoms with Gasteiger partial charge in [0.05, 0.1) is 10.7 Å². The van der Waals surface area contributed by atoms with E-state index in [1.807, 2.05) is 13.8 Å². The van der Waals surface area contributed by atoms with Crippen LogP contribution in [0.5, 0.6) is 0 Å². The first-order chi connectivity index (χ1) is 8.49. The number of rotatable bonds is 2. The van der Waals surface area contributed by atoms with Crippen LogP contribution in [0.15, 0.2) is 18.2 Å². The van der Waals surface area contributed by atoms with Crippen LogP contribution in [-0.4, -0.2) is 10.2 Å². The minimum absolute atomic E-state index is 0.350. The Morgan fingerprint density at radius 2 is 1.83 bits per heavy atom. The lowest BCUT2D eigenvalue weighted by atomic mass is 10.2. The van der Waals surface area contributed by atoms with Crippen LogP contribution in [0.2, 0.25) is 10.2 Å². The minimum Gasteiger partial charge on any atom is -0.337 e. The molecule has 2 aromatic rings. The average Bonchev–Trinajstić information content (AvgIpc) is 2.34. The average molecular weight is 286 g/mol. The third-order valence-electron chi connectivity index (χ3n) is 2.65. The van der Waals surface area contributed by atoms with Gasteiger partial charge in [0.1, 0.15) is 5.82 Å². The van der Waals surface area contributed by atoms with E-state index >= 15 is 0 Å². The third-order valence-corrected chi connectivity index (χ3v) is 3.34. The summed E-state index contributed by atoms with van der Waals surface area (Å²) >= 11 is 11.8. The minimum atomic E-state index is -0.377. The van der Waals surface area contributed by atoms with Crippen molar-refractivity contribution < 1.29 is 4.39 Å². The highest BCUT2D eigenvalue weighted by molar-refractivity contribution is 6.33. The Balaban J connectivity index is 2.40. The van der Waals surface area contributed by atoms with E-state index in [1.54, 1.807) is 0 Å². The number of nitrogens with zero attached hydrogens (tertiary/aromatic N) is 2. The zero-order chi connectivity index (χ0) is 13.3. The molecule has 0 saturated carbocycles. The molecule has 0 radical (unpaired) electrons. The van der Waals surface area contributed by atoms with E-state index < -0.39 is 0 Å². The molecular formula is C12H10Cl2FN3. The molecule has 0 saturated heterocycles. The second-order valence-electron chi connectivity index (χ2n) is 3.84. The van der Waals surface area contributed by atoms with Gasteiger partial charge < -0.3 is 5.32 Å². The van der Waals surface area contributed by atoms with E-state index in [-0.39, 0.29) is 5.82 Å². The fourth-order valence-electron chi connectivity index (χ4n) is 1.42. The molecule has 0 fully saturated rings. The van der Waals surface area contributed by atoms with Gasteiger partial charge in [-0.2, -0.15) is 0 Å². The van der Waals surface area contributed by atoms with Gasteiger partial charge in [-0.05, 0) is 43.2 Å². The number of halogens is 3. The Hall–Kier alpha value is -1.39. The number of benzene rings is 1. The molecule has 1 aromatic carbocycles. The summed E-state index contributed by atoms with van der Waals surface area (Å²) in [6.07, 6.45) is 0. The number of anilines is 2. The first-order valence-electron chi connectivity index (χ1n) is 5.20. The SMILES string of the molecule is Cc1c(Cl)nnc(Nc2cc(F)ccc2Cl)c1C. The highest BCUT2D eigenvalue weighted by Gasteiger charge is 2.10. The van der Waals surface area contributed by atoms with Gasteiger partial charge in [0.25, 0.3) is 0 Å². The van der Waals surface area contributed by atoms with Gasteiger partial charge in [0, 0.05) is 0 Å². The first kappa shape index (κ1) is 13.1. The summed E-state index contributed by atoms with van der Waals surface area (Å²) in [5, 5.41) is 11.4. The predicted octanol–water partition coefficient (Wildman–Crippen LogP) is 4.28. The molecule has 1 N–H and O–H groups in total. The largest absolute Gasteiger partial charge is 0.337 e. The summed E-state index contributed by atoms with van der Waals surface area (Å²) < 4.78 is 13.1. The van der Waals surface area contributed by atoms with E-state index in [9.17, 15) is 4.39 Å². The lowest BCUT2D eigenvalue weighted by Crippen LogP contribution is -2.02. The third kappa shape index (κ3) is 2.54. The van der Waals surface area contributed by atoms with Crippen LogP contribution in [0.1, 0.15) is 11.1 Å². The maximum Gasteiger partial charge on any atom is 0.156 e. The van der Waals surface area contributed by atoms with Gasteiger partial charge >= 0.3 is 0 Å². The summed E-state index contributed by atoms with van der Waals surface area (Å²) in [6, 6.07) is 4.07. The highest BCUT2D eigenvalue weighted by Crippen LogP contribution is 2.28. The summed E-state index contributed by atoms with van der Waals surface area (Å²) in [6.45, 7) is 3.69. The van der Waals surface area contributed by atoms with Crippen molar-refractivity contribution in [3.05, 3.63) is 45.3 Å². The summed E-state index contributed by atoms with van der Waals surface area (Å²) in [5.41, 5.74) is 2.10. The van der Waals surface area contributed by atoms with Crippen LogP contribution in [-0.2, 0) is 0 Å². The highest BCUT2D eigenvalue weighted by atomic mass is 35.5. The number of hydrogen-bond acceptors (Lipinski definition) is 3. The van der Waals surface area contributed by atoms with Gasteiger partial charge in [-0.15, -0.1) is 10.2 Å². The van der Waals surface area contributed by atoms with Gasteiger partial charge in [0.15, 0.2) is 11.0 Å². The first-order valence-corrected chi connectivity index (χ1v) is 5.96. The monoisotopic (exact) mass is 285 g/mol. The van der Waals surface area contributed by atoms with E-state index in [0.717, 1.165) is 11.1 Å². The van der Waals surface area contributed by atoms with Crippen molar-refractivity contribution in [3.8, 4) is 0 Å². The fraction of sp³-hybridized carbons (Fsp3) is 0.167. The quantitative estimate of drug-likeness (QED) is 0.895. The van der Waals surface area contributed by atoms with Crippen molar-refractivity contribution in [3.63, 3.8) is 0 Å². The second kappa shape index (κ2) is 5.08. The molecule has 0 bridgehead atoms. The number of hydrogen-bond donors (Lipinski definition) is 1. The molecule has 1 heterocycles. The normalized spacial score (nSPS) is 10.5. The lowest BCUT2D eigenvalue weighted by Gasteiger charge is -2.11. The molecule has 0 spiro atoms. The lowest BCUT2D eigenvalue weighted by molar-refractivity contribution is 0.628. The van der Waals surface area contributed by atoms with Gasteiger partial charge in [-0.1, -0.05) is 23.2 Å². The van der Waals surface area contributed by atoms with Crippen LogP contribution in [0.4, 0.5) is 15.9 Å². The van der Waals surface area contributed by atoms with Crippen molar-refractivity contribution in [1.82, 2.24) is 10.2 Å². The molecular weight excluding hydrogens is 276 g/mol. The molecule has 3 nitrogen and oxygen atoms in total. The summed E-state index contributed by atoms with van der Waals surface area (Å²) in [7, 11) is 0. The molecule has 0 aliphatic rings. The zero-order valence-corrected chi connectivity index (χ0v) is 11.3. The molecule has 94 valence electrons. The number of aromatic nitrogens is 2. The molecule has 18 heavy (non-hydrogen) atoms. The smallest absolute Gasteiger partial charge is 0.156 e. The summed E-state index contributed by atoms with van der Waals surface area (Å²) in [5.74, 6) is 0.127. The van der Waals surface area contributed by atoms with Crippen LogP contribution in [0.3, 0.4) is 0 Å². The summed E-state index contributed by atoms with van der Waals surface area (Å²) in [4.78, 5) is 0. The Labute approximate surface area is 114 Å². The van der Waals surface area contributed by atoms with E-state index in [4.69, 9.17) is 23.2 Å². The topological polar surface area (TPSA) is 37.8 Å². The fourth-order valence-corrected chi connectivity index (χ4v) is 1.76. The van der Waals surface area contributed by atoms with Crippen molar-refractivity contribution in [2.45, 2.75) is 13.8 Å². The standard InChI is InChI=1S/C12H10Cl2FN3/c1-6-7(2)12(18-17-11(6)14)16-10-5-8(15)3-4-9(10)13/h3-5H,1-2H3,(H,16,18). The van der Waals surface area contributed by atoms with Gasteiger partial charge in [0.2, 0.25) is 0 Å². The molecule has 0 atom stereocenters. The molecule has 0 aliphatic heterocycles. The van der Waals surface area contributed by atoms with Crippen LogP contribution < -0.4 is 5.32 Å². The molecule has 0 amide bonds. The van der Waals surface area contributed by atoms with Crippen LogP contribution in [0.25, 0.3) is 0 Å². The molecule has 0 unspecified atom stereocenters. The maximum absolute atomic E-state index is 13.1. The van der Waals surface area contributed by atoms with Crippen molar-refractivity contribution in [2.24, 2.45) is 0 Å². The van der Waals surface area contributed by atoms with Gasteiger partial charge in [-0.25, -0.2) is 4.39 Å². The van der Waals surface area contributed by atoms with E-state index in [2.05, 4.69) is 15.5 Å².